The van der Waals surface area contributed by atoms with E-state index in [-0.39, 0.29) is 13.0 Å². The average molecular weight is 314 g/mol. The molecule has 0 heterocycles. The van der Waals surface area contributed by atoms with Crippen molar-refractivity contribution in [2.75, 3.05) is 6.61 Å². The SMILES string of the molecule is O=C(COc1ccccc1)N[C@H](Cc1ccccc1)C(=O)NO. The molecular weight excluding hydrogens is 296 g/mol. The van der Waals surface area contributed by atoms with E-state index in [1.807, 2.05) is 36.4 Å². The molecule has 3 N–H and O–H groups in total. The zero-order valence-electron chi connectivity index (χ0n) is 12.4. The van der Waals surface area contributed by atoms with Crippen LogP contribution < -0.4 is 15.5 Å². The standard InChI is InChI=1S/C17H18N2O4/c20-16(12-23-14-9-5-2-6-10-14)18-15(17(21)19-22)11-13-7-3-1-4-8-13/h1-10,15,22H,11-12H2,(H,18,20)(H,19,21)/t15-/m1/s1. The molecule has 2 amide bonds. The number of ether oxygens (including phenoxy) is 1. The number of hydrogen-bond acceptors (Lipinski definition) is 4. The lowest BCUT2D eigenvalue weighted by atomic mass is 10.1. The van der Waals surface area contributed by atoms with Gasteiger partial charge in [0, 0.05) is 6.42 Å². The minimum absolute atomic E-state index is 0.214. The molecule has 0 saturated heterocycles. The van der Waals surface area contributed by atoms with E-state index < -0.39 is 17.9 Å². The Hall–Kier alpha value is -2.86. The summed E-state index contributed by atoms with van der Waals surface area (Å²) in [7, 11) is 0. The summed E-state index contributed by atoms with van der Waals surface area (Å²) in [5.41, 5.74) is 2.44. The molecule has 120 valence electrons. The van der Waals surface area contributed by atoms with E-state index in [1.54, 1.807) is 29.7 Å². The molecule has 6 nitrogen and oxygen atoms in total. The van der Waals surface area contributed by atoms with Crippen molar-refractivity contribution < 1.29 is 19.5 Å². The Bertz CT molecular complexity index is 632. The first kappa shape index (κ1) is 16.5. The Morgan fingerprint density at radius 2 is 1.61 bits per heavy atom. The van der Waals surface area contributed by atoms with Gasteiger partial charge in [-0.05, 0) is 17.7 Å². The largest absolute Gasteiger partial charge is 0.484 e. The molecular formula is C17H18N2O4. The number of para-hydroxylation sites is 1. The molecule has 23 heavy (non-hydrogen) atoms. The monoisotopic (exact) mass is 314 g/mol. The summed E-state index contributed by atoms with van der Waals surface area (Å²) in [6, 6.07) is 17.2. The summed E-state index contributed by atoms with van der Waals surface area (Å²) in [5, 5.41) is 11.4. The third-order valence-electron chi connectivity index (χ3n) is 3.16. The molecule has 0 fully saturated rings. The second-order valence-electron chi connectivity index (χ2n) is 4.89. The number of benzene rings is 2. The number of amides is 2. The van der Waals surface area contributed by atoms with Crippen molar-refractivity contribution in [3.63, 3.8) is 0 Å². The summed E-state index contributed by atoms with van der Waals surface area (Å²) >= 11 is 0. The van der Waals surface area contributed by atoms with Gasteiger partial charge in [-0.25, -0.2) is 5.48 Å². The van der Waals surface area contributed by atoms with Gasteiger partial charge in [0.25, 0.3) is 11.8 Å². The topological polar surface area (TPSA) is 87.7 Å². The van der Waals surface area contributed by atoms with Crippen LogP contribution in [0.1, 0.15) is 5.56 Å². The maximum Gasteiger partial charge on any atom is 0.266 e. The molecule has 0 aliphatic rings. The Morgan fingerprint density at radius 3 is 2.22 bits per heavy atom. The molecule has 2 rings (SSSR count). The molecule has 2 aromatic rings. The fourth-order valence-corrected chi connectivity index (χ4v) is 2.04. The van der Waals surface area contributed by atoms with Gasteiger partial charge in [-0.2, -0.15) is 0 Å². The van der Waals surface area contributed by atoms with Gasteiger partial charge < -0.3 is 10.1 Å². The smallest absolute Gasteiger partial charge is 0.266 e. The van der Waals surface area contributed by atoms with Crippen molar-refractivity contribution in [1.29, 1.82) is 0 Å². The summed E-state index contributed by atoms with van der Waals surface area (Å²) in [4.78, 5) is 23.6. The second-order valence-corrected chi connectivity index (χ2v) is 4.89. The van der Waals surface area contributed by atoms with Crippen molar-refractivity contribution in [2.24, 2.45) is 0 Å². The molecule has 0 unspecified atom stereocenters. The number of hydroxylamine groups is 1. The fraction of sp³-hybridized carbons (Fsp3) is 0.176. The van der Waals surface area contributed by atoms with Crippen LogP contribution in [0.2, 0.25) is 0 Å². The zero-order valence-corrected chi connectivity index (χ0v) is 12.4. The second kappa shape index (κ2) is 8.55. The van der Waals surface area contributed by atoms with Gasteiger partial charge in [-0.3, -0.25) is 14.8 Å². The minimum Gasteiger partial charge on any atom is -0.484 e. The molecule has 6 heteroatoms. The van der Waals surface area contributed by atoms with E-state index in [2.05, 4.69) is 5.32 Å². The molecule has 0 radical (unpaired) electrons. The van der Waals surface area contributed by atoms with Gasteiger partial charge in [0.05, 0.1) is 0 Å². The normalized spacial score (nSPS) is 11.3. The lowest BCUT2D eigenvalue weighted by Gasteiger charge is -2.17. The molecule has 0 bridgehead atoms. The number of hydrogen-bond donors (Lipinski definition) is 3. The van der Waals surface area contributed by atoms with Crippen LogP contribution in [0.4, 0.5) is 0 Å². The van der Waals surface area contributed by atoms with Crippen LogP contribution in [-0.2, 0) is 16.0 Å². The molecule has 0 aromatic heterocycles. The molecule has 1 atom stereocenters. The van der Waals surface area contributed by atoms with Gasteiger partial charge in [0.15, 0.2) is 6.61 Å². The average Bonchev–Trinajstić information content (AvgIpc) is 2.60. The van der Waals surface area contributed by atoms with Crippen LogP contribution >= 0.6 is 0 Å². The molecule has 0 aliphatic carbocycles. The Balaban J connectivity index is 1.91. The minimum atomic E-state index is -0.880. The van der Waals surface area contributed by atoms with E-state index in [9.17, 15) is 9.59 Å². The Kier molecular flexibility index (Phi) is 6.14. The molecule has 2 aromatic carbocycles. The predicted molar refractivity (Wildman–Crippen MR) is 83.9 cm³/mol. The Labute approximate surface area is 134 Å². The predicted octanol–water partition coefficient (Wildman–Crippen LogP) is 1.30. The summed E-state index contributed by atoms with van der Waals surface area (Å²) in [6.45, 7) is -0.214. The van der Waals surface area contributed by atoms with Crippen molar-refractivity contribution in [2.45, 2.75) is 12.5 Å². The van der Waals surface area contributed by atoms with E-state index in [1.165, 1.54) is 0 Å². The maximum absolute atomic E-state index is 11.9. The lowest BCUT2D eigenvalue weighted by Crippen LogP contribution is -2.48. The number of rotatable bonds is 7. The van der Waals surface area contributed by atoms with Crippen LogP contribution in [-0.4, -0.2) is 29.7 Å². The van der Waals surface area contributed by atoms with Crippen LogP contribution in [0, 0.1) is 0 Å². The number of carbonyl (C=O) groups excluding carboxylic acids is 2. The van der Waals surface area contributed by atoms with Crippen molar-refractivity contribution in [3.05, 3.63) is 66.2 Å². The van der Waals surface area contributed by atoms with E-state index >= 15 is 0 Å². The van der Waals surface area contributed by atoms with Gasteiger partial charge in [0.2, 0.25) is 0 Å². The highest BCUT2D eigenvalue weighted by atomic mass is 16.5. The molecule has 0 aliphatic heterocycles. The highest BCUT2D eigenvalue weighted by Gasteiger charge is 2.21. The van der Waals surface area contributed by atoms with Gasteiger partial charge in [0.1, 0.15) is 11.8 Å². The van der Waals surface area contributed by atoms with E-state index in [0.717, 1.165) is 5.56 Å². The third-order valence-corrected chi connectivity index (χ3v) is 3.16. The van der Waals surface area contributed by atoms with E-state index in [0.29, 0.717) is 5.75 Å². The van der Waals surface area contributed by atoms with Crippen molar-refractivity contribution in [1.82, 2.24) is 10.8 Å². The van der Waals surface area contributed by atoms with Crippen LogP contribution in [0.5, 0.6) is 5.75 Å². The van der Waals surface area contributed by atoms with Crippen LogP contribution in [0.25, 0.3) is 0 Å². The van der Waals surface area contributed by atoms with Crippen molar-refractivity contribution >= 4 is 11.8 Å². The highest BCUT2D eigenvalue weighted by Crippen LogP contribution is 2.08. The highest BCUT2D eigenvalue weighted by molar-refractivity contribution is 5.87. The first-order valence-corrected chi connectivity index (χ1v) is 7.14. The number of carbonyl (C=O) groups is 2. The molecule has 0 saturated carbocycles. The third kappa shape index (κ3) is 5.44. The quantitative estimate of drug-likeness (QED) is 0.531. The summed E-state index contributed by atoms with van der Waals surface area (Å²) < 4.78 is 5.33. The Morgan fingerprint density at radius 1 is 1.00 bits per heavy atom. The summed E-state index contributed by atoms with van der Waals surface area (Å²) in [5.74, 6) is -0.561. The lowest BCUT2D eigenvalue weighted by molar-refractivity contribution is -0.135. The fourth-order valence-electron chi connectivity index (χ4n) is 2.04. The maximum atomic E-state index is 11.9. The van der Waals surface area contributed by atoms with Gasteiger partial charge in [-0.1, -0.05) is 48.5 Å². The summed E-state index contributed by atoms with van der Waals surface area (Å²) in [6.07, 6.45) is 0.268. The van der Waals surface area contributed by atoms with E-state index in [4.69, 9.17) is 9.94 Å². The van der Waals surface area contributed by atoms with Crippen molar-refractivity contribution in [3.8, 4) is 5.75 Å². The van der Waals surface area contributed by atoms with Gasteiger partial charge in [-0.15, -0.1) is 0 Å². The van der Waals surface area contributed by atoms with Crippen LogP contribution in [0.3, 0.4) is 0 Å². The molecule has 0 spiro atoms. The number of nitrogens with one attached hydrogen (secondary N) is 2. The van der Waals surface area contributed by atoms with Gasteiger partial charge >= 0.3 is 0 Å². The van der Waals surface area contributed by atoms with Crippen LogP contribution in [0.15, 0.2) is 60.7 Å². The first-order chi connectivity index (χ1) is 11.2. The zero-order chi connectivity index (χ0) is 16.5. The first-order valence-electron chi connectivity index (χ1n) is 7.14.